The van der Waals surface area contributed by atoms with E-state index in [-0.39, 0.29) is 17.0 Å². The Hall–Kier alpha value is -2.89. The second-order valence-corrected chi connectivity index (χ2v) is 4.61. The Kier molecular flexibility index (Phi) is 4.73. The van der Waals surface area contributed by atoms with Crippen LogP contribution in [0.1, 0.15) is 15.9 Å². The van der Waals surface area contributed by atoms with E-state index in [0.717, 1.165) is 6.07 Å². The second-order valence-electron chi connectivity index (χ2n) is 4.61. The number of amides is 1. The number of anilines is 1. The molecule has 114 valence electrons. The maximum absolute atomic E-state index is 13.0. The third-order valence-electron chi connectivity index (χ3n) is 2.90. The van der Waals surface area contributed by atoms with Crippen molar-refractivity contribution in [3.63, 3.8) is 0 Å². The van der Waals surface area contributed by atoms with Gasteiger partial charge in [0, 0.05) is 5.69 Å². The first-order valence-electron chi connectivity index (χ1n) is 6.48. The number of rotatable bonds is 4. The van der Waals surface area contributed by atoms with Crippen LogP contribution in [-0.4, -0.2) is 23.6 Å². The number of esters is 1. The summed E-state index contributed by atoms with van der Waals surface area (Å²) in [5.41, 5.74) is 0.775. The highest BCUT2D eigenvalue weighted by atomic mass is 19.1. The molecule has 2 N–H and O–H groups in total. The van der Waals surface area contributed by atoms with Crippen molar-refractivity contribution in [3.05, 3.63) is 59.4 Å². The normalized spacial score (nSPS) is 10.1. The van der Waals surface area contributed by atoms with Gasteiger partial charge in [0.05, 0.1) is 0 Å². The third kappa shape index (κ3) is 3.82. The van der Waals surface area contributed by atoms with Gasteiger partial charge in [-0.1, -0.05) is 18.2 Å². The molecular weight excluding hydrogens is 289 g/mol. The lowest BCUT2D eigenvalue weighted by atomic mass is 10.1. The first kappa shape index (κ1) is 15.5. The first-order chi connectivity index (χ1) is 10.5. The molecule has 0 radical (unpaired) electrons. The van der Waals surface area contributed by atoms with E-state index >= 15 is 0 Å². The molecule has 0 aliphatic rings. The number of carbonyl (C=O) groups excluding carboxylic acids is 2. The number of phenols is 1. The van der Waals surface area contributed by atoms with Crippen LogP contribution in [0.2, 0.25) is 0 Å². The molecule has 0 aliphatic heterocycles. The van der Waals surface area contributed by atoms with Crippen LogP contribution < -0.4 is 5.32 Å². The summed E-state index contributed by atoms with van der Waals surface area (Å²) in [6.45, 7) is 1.10. The van der Waals surface area contributed by atoms with E-state index in [0.29, 0.717) is 5.56 Å². The van der Waals surface area contributed by atoms with E-state index in [1.807, 2.05) is 0 Å². The molecule has 22 heavy (non-hydrogen) atoms. The Labute approximate surface area is 126 Å². The van der Waals surface area contributed by atoms with Gasteiger partial charge in [-0.2, -0.15) is 0 Å². The van der Waals surface area contributed by atoms with E-state index in [1.165, 1.54) is 24.3 Å². The first-order valence-corrected chi connectivity index (χ1v) is 6.48. The zero-order chi connectivity index (χ0) is 16.1. The van der Waals surface area contributed by atoms with Crippen molar-refractivity contribution in [2.45, 2.75) is 6.92 Å². The number of para-hydroxylation sites is 1. The smallest absolute Gasteiger partial charge is 0.342 e. The van der Waals surface area contributed by atoms with Crippen LogP contribution >= 0.6 is 0 Å². The van der Waals surface area contributed by atoms with E-state index in [4.69, 9.17) is 4.74 Å². The summed E-state index contributed by atoms with van der Waals surface area (Å²) in [5.74, 6) is -2.08. The second kappa shape index (κ2) is 6.71. The molecule has 0 spiro atoms. The molecule has 0 unspecified atom stereocenters. The van der Waals surface area contributed by atoms with Gasteiger partial charge in [0.2, 0.25) is 0 Å². The molecule has 0 aromatic heterocycles. The molecule has 0 aliphatic carbocycles. The maximum atomic E-state index is 13.0. The molecule has 0 bridgehead atoms. The zero-order valence-corrected chi connectivity index (χ0v) is 11.8. The predicted octanol–water partition coefficient (Wildman–Crippen LogP) is 2.64. The van der Waals surface area contributed by atoms with Crippen molar-refractivity contribution in [1.29, 1.82) is 0 Å². The van der Waals surface area contributed by atoms with E-state index in [2.05, 4.69) is 5.32 Å². The SMILES string of the molecule is Cc1cccc(C(=O)OCC(=O)Nc2cccc(F)c2)c1O. The highest BCUT2D eigenvalue weighted by molar-refractivity contribution is 5.96. The fourth-order valence-electron chi connectivity index (χ4n) is 1.80. The van der Waals surface area contributed by atoms with Crippen LogP contribution in [0, 0.1) is 12.7 Å². The number of aromatic hydroxyl groups is 1. The molecule has 2 rings (SSSR count). The summed E-state index contributed by atoms with van der Waals surface area (Å²) in [6, 6.07) is 9.98. The Morgan fingerprint density at radius 3 is 2.68 bits per heavy atom. The molecule has 0 saturated heterocycles. The molecule has 0 fully saturated rings. The van der Waals surface area contributed by atoms with Crippen molar-refractivity contribution in [2.24, 2.45) is 0 Å². The van der Waals surface area contributed by atoms with Gasteiger partial charge >= 0.3 is 5.97 Å². The van der Waals surface area contributed by atoms with Crippen molar-refractivity contribution in [3.8, 4) is 5.75 Å². The fourth-order valence-corrected chi connectivity index (χ4v) is 1.80. The fraction of sp³-hybridized carbons (Fsp3) is 0.125. The Morgan fingerprint density at radius 2 is 1.95 bits per heavy atom. The molecule has 2 aromatic carbocycles. The van der Waals surface area contributed by atoms with Gasteiger partial charge < -0.3 is 15.2 Å². The maximum Gasteiger partial charge on any atom is 0.342 e. The van der Waals surface area contributed by atoms with Crippen molar-refractivity contribution >= 4 is 17.6 Å². The average molecular weight is 303 g/mol. The number of hydrogen-bond donors (Lipinski definition) is 2. The van der Waals surface area contributed by atoms with Gasteiger partial charge in [0.15, 0.2) is 6.61 Å². The van der Waals surface area contributed by atoms with Gasteiger partial charge in [-0.15, -0.1) is 0 Å². The quantitative estimate of drug-likeness (QED) is 0.851. The van der Waals surface area contributed by atoms with Gasteiger partial charge in [0.1, 0.15) is 17.1 Å². The Balaban J connectivity index is 1.93. The van der Waals surface area contributed by atoms with Crippen molar-refractivity contribution < 1.29 is 23.8 Å². The number of hydrogen-bond acceptors (Lipinski definition) is 4. The average Bonchev–Trinajstić information content (AvgIpc) is 2.47. The molecule has 5 nitrogen and oxygen atoms in total. The third-order valence-corrected chi connectivity index (χ3v) is 2.90. The minimum Gasteiger partial charge on any atom is -0.507 e. The van der Waals surface area contributed by atoms with Crippen LogP contribution in [0.25, 0.3) is 0 Å². The summed E-state index contributed by atoms with van der Waals surface area (Å²) in [5, 5.41) is 12.2. The molecule has 0 heterocycles. The molecular formula is C16H14FNO4. The van der Waals surface area contributed by atoms with Crippen LogP contribution in [-0.2, 0) is 9.53 Å². The highest BCUT2D eigenvalue weighted by Gasteiger charge is 2.15. The van der Waals surface area contributed by atoms with Crippen LogP contribution in [0.15, 0.2) is 42.5 Å². The zero-order valence-electron chi connectivity index (χ0n) is 11.8. The number of halogens is 1. The lowest BCUT2D eigenvalue weighted by molar-refractivity contribution is -0.119. The summed E-state index contributed by atoms with van der Waals surface area (Å²) in [7, 11) is 0. The van der Waals surface area contributed by atoms with Crippen LogP contribution in [0.5, 0.6) is 5.75 Å². The monoisotopic (exact) mass is 303 g/mol. The standard InChI is InChI=1S/C16H14FNO4/c1-10-4-2-7-13(15(10)20)16(21)22-9-14(19)18-12-6-3-5-11(17)8-12/h2-8,20H,9H2,1H3,(H,18,19). The molecule has 2 aromatic rings. The largest absolute Gasteiger partial charge is 0.507 e. The van der Waals surface area contributed by atoms with E-state index < -0.39 is 24.3 Å². The number of ether oxygens (including phenoxy) is 1. The summed E-state index contributed by atoms with van der Waals surface area (Å²) in [6.07, 6.45) is 0. The Morgan fingerprint density at radius 1 is 1.23 bits per heavy atom. The summed E-state index contributed by atoms with van der Waals surface area (Å²) >= 11 is 0. The van der Waals surface area contributed by atoms with Gasteiger partial charge in [-0.25, -0.2) is 9.18 Å². The molecule has 0 atom stereocenters. The lowest BCUT2D eigenvalue weighted by Gasteiger charge is -2.08. The molecule has 6 heteroatoms. The topological polar surface area (TPSA) is 75.6 Å². The van der Waals surface area contributed by atoms with Gasteiger partial charge in [0.25, 0.3) is 5.91 Å². The van der Waals surface area contributed by atoms with E-state index in [9.17, 15) is 19.1 Å². The number of benzene rings is 2. The Bertz CT molecular complexity index is 715. The van der Waals surface area contributed by atoms with Gasteiger partial charge in [-0.3, -0.25) is 4.79 Å². The minimum atomic E-state index is -0.810. The minimum absolute atomic E-state index is 0.0152. The molecule has 0 saturated carbocycles. The van der Waals surface area contributed by atoms with Crippen molar-refractivity contribution in [1.82, 2.24) is 0 Å². The number of nitrogens with one attached hydrogen (secondary N) is 1. The summed E-state index contributed by atoms with van der Waals surface area (Å²) in [4.78, 5) is 23.4. The number of aryl methyl sites for hydroxylation is 1. The number of phenolic OH excluding ortho intramolecular Hbond substituents is 1. The summed E-state index contributed by atoms with van der Waals surface area (Å²) < 4.78 is 17.8. The van der Waals surface area contributed by atoms with Crippen LogP contribution in [0.4, 0.5) is 10.1 Å². The lowest BCUT2D eigenvalue weighted by Crippen LogP contribution is -2.21. The van der Waals surface area contributed by atoms with Crippen molar-refractivity contribution in [2.75, 3.05) is 11.9 Å². The molecule has 1 amide bonds. The number of carbonyl (C=O) groups is 2. The van der Waals surface area contributed by atoms with Gasteiger partial charge in [-0.05, 0) is 36.8 Å². The predicted molar refractivity (Wildman–Crippen MR) is 78.2 cm³/mol. The highest BCUT2D eigenvalue weighted by Crippen LogP contribution is 2.22. The van der Waals surface area contributed by atoms with E-state index in [1.54, 1.807) is 19.1 Å². The van der Waals surface area contributed by atoms with Crippen LogP contribution in [0.3, 0.4) is 0 Å².